The molecule has 0 fully saturated rings. The van der Waals surface area contributed by atoms with Gasteiger partial charge in [-0.1, -0.05) is 30.3 Å². The predicted molar refractivity (Wildman–Crippen MR) is 121 cm³/mol. The van der Waals surface area contributed by atoms with E-state index in [4.69, 9.17) is 10.8 Å². The molecular formula is C22H23N10O+. The number of nitrogens with zero attached hydrogens (tertiary/aromatic N) is 8. The molecule has 1 aromatic carbocycles. The standard InChI is InChI=1S/C22H22N10O/c1-13-11-16(12-14(2)24-13)18-19(15-7-5-4-6-8-15)25-21(23)32-20(18)27-31(22(32)33)10-9-17-26-28-29-30(17)3/h4-8,11-12H,9-10H2,1-3H3,(H2,23,25)/p+1. The number of anilines is 1. The van der Waals surface area contributed by atoms with Crippen molar-refractivity contribution in [2.24, 2.45) is 7.05 Å². The van der Waals surface area contributed by atoms with E-state index in [2.05, 4.69) is 25.5 Å². The van der Waals surface area contributed by atoms with Crippen molar-refractivity contribution in [2.45, 2.75) is 26.8 Å². The first-order valence-corrected chi connectivity index (χ1v) is 10.5. The number of fused-ring (bicyclic) bond motifs is 1. The number of H-pyrrole nitrogens is 1. The van der Waals surface area contributed by atoms with E-state index in [1.165, 1.54) is 9.08 Å². The number of hydrogen-bond donors (Lipinski definition) is 1. The maximum Gasteiger partial charge on any atom is 0.411 e. The molecule has 0 saturated heterocycles. The number of nitrogens with one attached hydrogen (secondary N) is 1. The first kappa shape index (κ1) is 20.5. The van der Waals surface area contributed by atoms with E-state index in [0.717, 1.165) is 33.8 Å². The van der Waals surface area contributed by atoms with Crippen LogP contribution in [0.25, 0.3) is 28.0 Å². The molecule has 0 saturated carbocycles. The molecule has 166 valence electrons. The monoisotopic (exact) mass is 443 g/mol. The van der Waals surface area contributed by atoms with Crippen LogP contribution >= 0.6 is 0 Å². The molecule has 0 bridgehead atoms. The molecule has 0 aliphatic carbocycles. The molecule has 33 heavy (non-hydrogen) atoms. The van der Waals surface area contributed by atoms with Gasteiger partial charge in [-0.3, -0.25) is 10.7 Å². The summed E-state index contributed by atoms with van der Waals surface area (Å²) < 4.78 is 4.37. The lowest BCUT2D eigenvalue weighted by molar-refractivity contribution is -0.351. The molecule has 5 aromatic rings. The van der Waals surface area contributed by atoms with Crippen LogP contribution in [0.3, 0.4) is 0 Å². The number of nitrogens with two attached hydrogens (primary N) is 1. The number of aromatic nitrogens is 9. The Morgan fingerprint density at radius 1 is 1.06 bits per heavy atom. The molecule has 0 spiro atoms. The van der Waals surface area contributed by atoms with Gasteiger partial charge in [-0.25, -0.2) is 14.5 Å². The van der Waals surface area contributed by atoms with E-state index < -0.39 is 0 Å². The fraction of sp³-hybridized carbons (Fsp3) is 0.227. The summed E-state index contributed by atoms with van der Waals surface area (Å²) in [7, 11) is 1.76. The summed E-state index contributed by atoms with van der Waals surface area (Å²) in [5.41, 5.74) is 11.6. The summed E-state index contributed by atoms with van der Waals surface area (Å²) in [6.45, 7) is 4.19. The average molecular weight is 443 g/mol. The number of aromatic amines is 1. The smallest absolute Gasteiger partial charge is 0.290 e. The minimum absolute atomic E-state index is 0.201. The maximum absolute atomic E-state index is 13.3. The zero-order chi connectivity index (χ0) is 23.1. The van der Waals surface area contributed by atoms with Crippen molar-refractivity contribution in [3.05, 3.63) is 70.2 Å². The largest absolute Gasteiger partial charge is 0.411 e. The number of pyridine rings is 1. The first-order chi connectivity index (χ1) is 15.9. The predicted octanol–water partition coefficient (Wildman–Crippen LogP) is 1.00. The van der Waals surface area contributed by atoms with Crippen molar-refractivity contribution in [3.8, 4) is 22.4 Å². The van der Waals surface area contributed by atoms with Gasteiger partial charge in [-0.05, 0) is 42.0 Å². The Labute approximate surface area is 188 Å². The molecule has 3 N–H and O–H groups in total. The second kappa shape index (κ2) is 7.93. The molecule has 0 aliphatic rings. The van der Waals surface area contributed by atoms with Crippen LogP contribution in [0.15, 0.2) is 47.3 Å². The molecule has 0 radical (unpaired) electrons. The topological polar surface area (TPSA) is 136 Å². The van der Waals surface area contributed by atoms with E-state index in [9.17, 15) is 4.79 Å². The molecule has 0 unspecified atom stereocenters. The lowest BCUT2D eigenvalue weighted by atomic mass is 9.99. The normalized spacial score (nSPS) is 11.4. The van der Waals surface area contributed by atoms with Crippen LogP contribution in [0, 0.1) is 13.8 Å². The Morgan fingerprint density at radius 3 is 2.45 bits per heavy atom. The summed E-state index contributed by atoms with van der Waals surface area (Å²) in [6.07, 6.45) is 0.450. The molecular weight excluding hydrogens is 420 g/mol. The van der Waals surface area contributed by atoms with Crippen molar-refractivity contribution in [1.82, 2.24) is 39.4 Å². The maximum atomic E-state index is 13.3. The van der Waals surface area contributed by atoms with Crippen LogP contribution in [0.4, 0.5) is 5.95 Å². The molecule has 4 aromatic heterocycles. The van der Waals surface area contributed by atoms with Gasteiger partial charge in [-0.2, -0.15) is 4.68 Å². The van der Waals surface area contributed by atoms with Gasteiger partial charge in [0.15, 0.2) is 5.82 Å². The summed E-state index contributed by atoms with van der Waals surface area (Å²) >= 11 is 0. The second-order valence-electron chi connectivity index (χ2n) is 7.90. The number of benzene rings is 1. The number of nitrogen functional groups attached to an aromatic ring is 1. The number of hydrogen-bond acceptors (Lipinski definition) is 7. The van der Waals surface area contributed by atoms with Crippen molar-refractivity contribution in [1.29, 1.82) is 0 Å². The summed E-state index contributed by atoms with van der Waals surface area (Å²) in [5, 5.41) is 16.2. The van der Waals surface area contributed by atoms with Crippen molar-refractivity contribution in [3.63, 3.8) is 0 Å². The van der Waals surface area contributed by atoms with Crippen LogP contribution < -0.4 is 16.4 Å². The minimum atomic E-state index is -0.336. The third kappa shape index (κ3) is 3.63. The Morgan fingerprint density at radius 2 is 1.79 bits per heavy atom. The SMILES string of the molecule is Cc1cc(-c2c(-c3ccccc3)[nH+]c(N)n3c(=O)n(CCc4nnnn4C)nc23)cc(C)n1. The molecule has 11 nitrogen and oxygen atoms in total. The van der Waals surface area contributed by atoms with Gasteiger partial charge in [0.2, 0.25) is 5.65 Å². The van der Waals surface area contributed by atoms with E-state index in [0.29, 0.717) is 24.4 Å². The Hall–Kier alpha value is -4.41. The van der Waals surface area contributed by atoms with Gasteiger partial charge < -0.3 is 0 Å². The van der Waals surface area contributed by atoms with Gasteiger partial charge in [-0.15, -0.1) is 14.6 Å². The number of aryl methyl sites for hydroxylation is 5. The molecule has 11 heteroatoms. The summed E-state index contributed by atoms with van der Waals surface area (Å²) in [4.78, 5) is 21.0. The molecule has 5 rings (SSSR count). The van der Waals surface area contributed by atoms with E-state index in [1.807, 2.05) is 56.3 Å². The fourth-order valence-corrected chi connectivity index (χ4v) is 4.03. The fourth-order valence-electron chi connectivity index (χ4n) is 4.03. The highest BCUT2D eigenvalue weighted by atomic mass is 16.2. The molecule has 0 aliphatic heterocycles. The van der Waals surface area contributed by atoms with Gasteiger partial charge in [0.25, 0.3) is 0 Å². The minimum Gasteiger partial charge on any atom is -0.290 e. The highest BCUT2D eigenvalue weighted by Gasteiger charge is 2.26. The highest BCUT2D eigenvalue weighted by molar-refractivity contribution is 5.88. The lowest BCUT2D eigenvalue weighted by Crippen LogP contribution is -2.28. The lowest BCUT2D eigenvalue weighted by Gasteiger charge is -2.10. The van der Waals surface area contributed by atoms with Gasteiger partial charge >= 0.3 is 11.6 Å². The zero-order valence-electron chi connectivity index (χ0n) is 18.5. The van der Waals surface area contributed by atoms with Crippen molar-refractivity contribution in [2.75, 3.05) is 5.73 Å². The highest BCUT2D eigenvalue weighted by Crippen LogP contribution is 2.32. The zero-order valence-corrected chi connectivity index (χ0v) is 18.5. The third-order valence-electron chi connectivity index (χ3n) is 5.49. The number of rotatable bonds is 5. The van der Waals surface area contributed by atoms with Crippen LogP contribution in [0.2, 0.25) is 0 Å². The van der Waals surface area contributed by atoms with E-state index in [-0.39, 0.29) is 11.6 Å². The molecule has 4 heterocycles. The van der Waals surface area contributed by atoms with E-state index in [1.54, 1.807) is 11.7 Å². The molecule has 0 amide bonds. The Kier molecular flexibility index (Phi) is 4.93. The van der Waals surface area contributed by atoms with Crippen molar-refractivity contribution < 1.29 is 4.98 Å². The van der Waals surface area contributed by atoms with Gasteiger partial charge in [0, 0.05) is 30.4 Å². The quantitative estimate of drug-likeness (QED) is 0.428. The van der Waals surface area contributed by atoms with Gasteiger partial charge in [0.05, 0.1) is 12.1 Å². The number of tetrazole rings is 1. The summed E-state index contributed by atoms with van der Waals surface area (Å²) in [5.74, 6) is 0.857. The Balaban J connectivity index is 1.76. The van der Waals surface area contributed by atoms with E-state index >= 15 is 0 Å². The van der Waals surface area contributed by atoms with Crippen LogP contribution in [-0.2, 0) is 20.0 Å². The van der Waals surface area contributed by atoms with Crippen LogP contribution in [0.1, 0.15) is 17.2 Å². The Bertz CT molecular complexity index is 1510. The first-order valence-electron chi connectivity index (χ1n) is 10.5. The van der Waals surface area contributed by atoms with Crippen molar-refractivity contribution >= 4 is 11.6 Å². The second-order valence-corrected chi connectivity index (χ2v) is 7.90. The van der Waals surface area contributed by atoms with Crippen LogP contribution in [-0.4, -0.2) is 39.4 Å². The van der Waals surface area contributed by atoms with Gasteiger partial charge in [0.1, 0.15) is 5.69 Å². The summed E-state index contributed by atoms with van der Waals surface area (Å²) in [6, 6.07) is 13.8. The molecule has 0 atom stereocenters. The third-order valence-corrected chi connectivity index (χ3v) is 5.49. The van der Waals surface area contributed by atoms with Crippen LogP contribution in [0.5, 0.6) is 0 Å². The average Bonchev–Trinajstić information content (AvgIpc) is 3.34.